The summed E-state index contributed by atoms with van der Waals surface area (Å²) in [5.74, 6) is 0. The third-order valence-electron chi connectivity index (χ3n) is 2.50. The zero-order chi connectivity index (χ0) is 13.3. The highest BCUT2D eigenvalue weighted by Crippen LogP contribution is 2.30. The summed E-state index contributed by atoms with van der Waals surface area (Å²) in [6, 6.07) is 1.44. The lowest BCUT2D eigenvalue weighted by molar-refractivity contribution is 0.587. The predicted molar refractivity (Wildman–Crippen MR) is 73.9 cm³/mol. The van der Waals surface area contributed by atoms with Crippen molar-refractivity contribution in [3.8, 4) is 0 Å². The standard InChI is InChI=1S/C10H10BrCl2N5/c1-14-8(9-10(11)16-17-18(9)2)7-6(13)3-5(12)4-15-7/h3-4,8,14H,1-2H3. The minimum absolute atomic E-state index is 0.218. The van der Waals surface area contributed by atoms with Crippen molar-refractivity contribution in [1.29, 1.82) is 0 Å². The molecule has 2 rings (SSSR count). The Kier molecular flexibility index (Phi) is 4.21. The van der Waals surface area contributed by atoms with Gasteiger partial charge in [0.25, 0.3) is 0 Å². The van der Waals surface area contributed by atoms with Gasteiger partial charge in [0.1, 0.15) is 0 Å². The maximum absolute atomic E-state index is 6.17. The van der Waals surface area contributed by atoms with Crippen molar-refractivity contribution < 1.29 is 0 Å². The van der Waals surface area contributed by atoms with E-state index >= 15 is 0 Å². The molecule has 18 heavy (non-hydrogen) atoms. The Hall–Kier alpha value is -0.690. The number of pyridine rings is 1. The molecule has 2 aromatic heterocycles. The topological polar surface area (TPSA) is 55.6 Å². The second kappa shape index (κ2) is 5.52. The van der Waals surface area contributed by atoms with Crippen molar-refractivity contribution in [3.63, 3.8) is 0 Å². The van der Waals surface area contributed by atoms with Gasteiger partial charge in [0.15, 0.2) is 4.60 Å². The van der Waals surface area contributed by atoms with Crippen LogP contribution < -0.4 is 5.32 Å². The van der Waals surface area contributed by atoms with Crippen LogP contribution in [-0.2, 0) is 7.05 Å². The van der Waals surface area contributed by atoms with Crippen molar-refractivity contribution in [1.82, 2.24) is 25.3 Å². The van der Waals surface area contributed by atoms with E-state index < -0.39 is 0 Å². The Bertz CT molecular complexity index is 552. The molecule has 8 heteroatoms. The van der Waals surface area contributed by atoms with Crippen molar-refractivity contribution in [2.24, 2.45) is 7.05 Å². The van der Waals surface area contributed by atoms with Gasteiger partial charge in [0.2, 0.25) is 0 Å². The SMILES string of the molecule is CNC(c1ncc(Cl)cc1Cl)c1c(Br)nnn1C. The number of nitrogens with zero attached hydrogens (tertiary/aromatic N) is 4. The van der Waals surface area contributed by atoms with Crippen LogP contribution in [0.1, 0.15) is 17.4 Å². The molecule has 0 aliphatic heterocycles. The fraction of sp³-hybridized carbons (Fsp3) is 0.300. The molecule has 5 nitrogen and oxygen atoms in total. The summed E-state index contributed by atoms with van der Waals surface area (Å²) >= 11 is 15.4. The quantitative estimate of drug-likeness (QED) is 0.924. The third-order valence-corrected chi connectivity index (χ3v) is 3.57. The highest BCUT2D eigenvalue weighted by molar-refractivity contribution is 9.10. The highest BCUT2D eigenvalue weighted by Gasteiger charge is 2.23. The fourth-order valence-corrected chi connectivity index (χ4v) is 2.73. The third kappa shape index (κ3) is 2.51. The first kappa shape index (κ1) is 13.7. The summed E-state index contributed by atoms with van der Waals surface area (Å²) in [6.45, 7) is 0. The van der Waals surface area contributed by atoms with Crippen LogP contribution in [0.25, 0.3) is 0 Å². The highest BCUT2D eigenvalue weighted by atomic mass is 79.9. The summed E-state index contributed by atoms with van der Waals surface area (Å²) in [6.07, 6.45) is 1.56. The average molecular weight is 351 g/mol. The summed E-state index contributed by atoms with van der Waals surface area (Å²) < 4.78 is 2.31. The molecule has 0 amide bonds. The minimum atomic E-state index is -0.218. The molecule has 1 atom stereocenters. The summed E-state index contributed by atoms with van der Waals surface area (Å²) in [7, 11) is 3.62. The first-order valence-corrected chi connectivity index (χ1v) is 6.62. The van der Waals surface area contributed by atoms with E-state index in [4.69, 9.17) is 23.2 Å². The molecule has 0 aliphatic carbocycles. The van der Waals surface area contributed by atoms with E-state index in [1.54, 1.807) is 24.0 Å². The van der Waals surface area contributed by atoms with E-state index in [2.05, 4.69) is 36.5 Å². The lowest BCUT2D eigenvalue weighted by atomic mass is 10.1. The first-order chi connectivity index (χ1) is 8.54. The maximum atomic E-state index is 6.17. The van der Waals surface area contributed by atoms with Gasteiger partial charge in [-0.2, -0.15) is 0 Å². The molecule has 0 saturated carbocycles. The molecular weight excluding hydrogens is 341 g/mol. The van der Waals surface area contributed by atoms with Crippen molar-refractivity contribution >= 4 is 39.1 Å². The monoisotopic (exact) mass is 349 g/mol. The molecule has 96 valence electrons. The fourth-order valence-electron chi connectivity index (χ4n) is 1.69. The van der Waals surface area contributed by atoms with Gasteiger partial charge < -0.3 is 5.32 Å². The Labute approximate surface area is 123 Å². The van der Waals surface area contributed by atoms with Gasteiger partial charge in [-0.3, -0.25) is 4.98 Å². The molecule has 0 saturated heterocycles. The second-order valence-electron chi connectivity index (χ2n) is 3.63. The zero-order valence-corrected chi connectivity index (χ0v) is 12.8. The van der Waals surface area contributed by atoms with Crippen LogP contribution in [0.3, 0.4) is 0 Å². The Morgan fingerprint density at radius 1 is 1.44 bits per heavy atom. The lowest BCUT2D eigenvalue weighted by Crippen LogP contribution is -2.22. The second-order valence-corrected chi connectivity index (χ2v) is 5.23. The predicted octanol–water partition coefficient (Wildman–Crippen LogP) is 2.59. The van der Waals surface area contributed by atoms with E-state index in [-0.39, 0.29) is 6.04 Å². The number of hydrogen-bond donors (Lipinski definition) is 1. The van der Waals surface area contributed by atoms with Gasteiger partial charge in [0, 0.05) is 13.2 Å². The molecule has 2 heterocycles. The Balaban J connectivity index is 2.52. The van der Waals surface area contributed by atoms with Crippen molar-refractivity contribution in [3.05, 3.63) is 38.3 Å². The van der Waals surface area contributed by atoms with E-state index in [0.29, 0.717) is 20.3 Å². The van der Waals surface area contributed by atoms with Crippen molar-refractivity contribution in [2.45, 2.75) is 6.04 Å². The Morgan fingerprint density at radius 2 is 2.17 bits per heavy atom. The van der Waals surface area contributed by atoms with Gasteiger partial charge in [-0.15, -0.1) is 5.10 Å². The van der Waals surface area contributed by atoms with Crippen LogP contribution in [0.15, 0.2) is 16.9 Å². The number of rotatable bonds is 3. The average Bonchev–Trinajstić information content (AvgIpc) is 2.64. The maximum Gasteiger partial charge on any atom is 0.153 e. The molecule has 0 aromatic carbocycles. The van der Waals surface area contributed by atoms with Crippen LogP contribution in [-0.4, -0.2) is 27.0 Å². The van der Waals surface area contributed by atoms with Gasteiger partial charge in [-0.05, 0) is 29.0 Å². The van der Waals surface area contributed by atoms with Gasteiger partial charge in [0.05, 0.1) is 27.5 Å². The molecular formula is C10H10BrCl2N5. The number of aromatic nitrogens is 4. The van der Waals surface area contributed by atoms with Crippen LogP contribution >= 0.6 is 39.1 Å². The van der Waals surface area contributed by atoms with E-state index in [1.807, 2.05) is 7.05 Å². The molecule has 0 radical (unpaired) electrons. The summed E-state index contributed by atoms with van der Waals surface area (Å²) in [5.41, 5.74) is 1.52. The van der Waals surface area contributed by atoms with Crippen LogP contribution in [0.5, 0.6) is 0 Å². The van der Waals surface area contributed by atoms with Gasteiger partial charge in [-0.1, -0.05) is 28.4 Å². The van der Waals surface area contributed by atoms with E-state index in [1.165, 1.54) is 0 Å². The molecule has 1 unspecified atom stereocenters. The smallest absolute Gasteiger partial charge is 0.153 e. The Morgan fingerprint density at radius 3 is 2.67 bits per heavy atom. The molecule has 2 aromatic rings. The summed E-state index contributed by atoms with van der Waals surface area (Å²) in [5, 5.41) is 12.0. The number of aryl methyl sites for hydroxylation is 1. The minimum Gasteiger partial charge on any atom is -0.307 e. The molecule has 0 spiro atoms. The molecule has 0 bridgehead atoms. The lowest BCUT2D eigenvalue weighted by Gasteiger charge is -2.17. The normalized spacial score (nSPS) is 12.7. The molecule has 1 N–H and O–H groups in total. The first-order valence-electron chi connectivity index (χ1n) is 5.08. The van der Waals surface area contributed by atoms with Crippen LogP contribution in [0, 0.1) is 0 Å². The van der Waals surface area contributed by atoms with Crippen LogP contribution in [0.4, 0.5) is 0 Å². The van der Waals surface area contributed by atoms with Crippen molar-refractivity contribution in [2.75, 3.05) is 7.05 Å². The van der Waals surface area contributed by atoms with Gasteiger partial charge >= 0.3 is 0 Å². The number of halogens is 3. The van der Waals surface area contributed by atoms with Crippen LogP contribution in [0.2, 0.25) is 10.0 Å². The van der Waals surface area contributed by atoms with E-state index in [9.17, 15) is 0 Å². The number of nitrogens with one attached hydrogen (secondary N) is 1. The molecule has 0 fully saturated rings. The summed E-state index contributed by atoms with van der Waals surface area (Å²) in [4.78, 5) is 4.27. The number of hydrogen-bond acceptors (Lipinski definition) is 4. The van der Waals surface area contributed by atoms with E-state index in [0.717, 1.165) is 5.69 Å². The molecule has 0 aliphatic rings. The zero-order valence-electron chi connectivity index (χ0n) is 9.65. The largest absolute Gasteiger partial charge is 0.307 e. The van der Waals surface area contributed by atoms with Gasteiger partial charge in [-0.25, -0.2) is 4.68 Å².